The van der Waals surface area contributed by atoms with E-state index in [9.17, 15) is 4.39 Å². The Hall–Kier alpha value is -1.25. The molecule has 0 amide bonds. The van der Waals surface area contributed by atoms with Crippen LogP contribution in [0.1, 0.15) is 24.3 Å². The molecule has 0 bridgehead atoms. The fourth-order valence-electron chi connectivity index (χ4n) is 2.59. The third-order valence-electron chi connectivity index (χ3n) is 3.75. The second-order valence-corrected chi connectivity index (χ2v) is 6.04. The monoisotopic (exact) mass is 309 g/mol. The van der Waals surface area contributed by atoms with Crippen LogP contribution in [-0.4, -0.2) is 6.04 Å². The maximum Gasteiger partial charge on any atom is 0.141 e. The molecular weight excluding hydrogens is 296 g/mol. The van der Waals surface area contributed by atoms with Crippen molar-refractivity contribution in [2.24, 2.45) is 0 Å². The first-order chi connectivity index (χ1) is 9.61. The van der Waals surface area contributed by atoms with Crippen LogP contribution in [-0.2, 0) is 0 Å². The smallest absolute Gasteiger partial charge is 0.141 e. The van der Waals surface area contributed by atoms with E-state index in [0.29, 0.717) is 12.0 Å². The molecule has 0 aliphatic heterocycles. The second-order valence-electron chi connectivity index (χ2n) is 5.19. The first kappa shape index (κ1) is 13.7. The minimum absolute atomic E-state index is 0.153. The number of hydrogen-bond acceptors (Lipinski definition) is 1. The number of hydrogen-bond donors (Lipinski definition) is 1. The molecule has 1 N–H and O–H groups in total. The van der Waals surface area contributed by atoms with E-state index in [-0.39, 0.29) is 10.8 Å². The molecule has 1 saturated carbocycles. The summed E-state index contributed by atoms with van der Waals surface area (Å²) < 4.78 is 13.1. The van der Waals surface area contributed by atoms with E-state index in [1.165, 1.54) is 11.6 Å². The van der Waals surface area contributed by atoms with Gasteiger partial charge in [-0.2, -0.15) is 0 Å². The zero-order valence-electron chi connectivity index (χ0n) is 10.7. The van der Waals surface area contributed by atoms with Crippen molar-refractivity contribution in [1.29, 1.82) is 0 Å². The first-order valence-electron chi connectivity index (χ1n) is 6.59. The summed E-state index contributed by atoms with van der Waals surface area (Å²) in [6.07, 6.45) is 2.10. The van der Waals surface area contributed by atoms with Gasteiger partial charge >= 0.3 is 0 Å². The number of rotatable bonds is 3. The predicted octanol–water partition coefficient (Wildman–Crippen LogP) is 5.49. The van der Waals surface area contributed by atoms with Crippen LogP contribution in [0.25, 0.3) is 0 Å². The van der Waals surface area contributed by atoms with E-state index in [0.717, 1.165) is 23.6 Å². The summed E-state index contributed by atoms with van der Waals surface area (Å²) in [7, 11) is 0. The van der Waals surface area contributed by atoms with Crippen LogP contribution in [0.15, 0.2) is 42.5 Å². The first-order valence-corrected chi connectivity index (χ1v) is 7.34. The van der Waals surface area contributed by atoms with E-state index < -0.39 is 0 Å². The lowest BCUT2D eigenvalue weighted by Crippen LogP contribution is -2.33. The van der Waals surface area contributed by atoms with Crippen molar-refractivity contribution in [2.75, 3.05) is 5.32 Å². The van der Waals surface area contributed by atoms with Crippen molar-refractivity contribution >= 4 is 28.9 Å². The van der Waals surface area contributed by atoms with Gasteiger partial charge < -0.3 is 5.32 Å². The topological polar surface area (TPSA) is 12.0 Å². The third kappa shape index (κ3) is 2.92. The summed E-state index contributed by atoms with van der Waals surface area (Å²) in [5, 5.41) is 4.31. The van der Waals surface area contributed by atoms with Gasteiger partial charge in [0.15, 0.2) is 0 Å². The minimum Gasteiger partial charge on any atom is -0.382 e. The molecule has 3 rings (SSSR count). The maximum atomic E-state index is 13.1. The van der Waals surface area contributed by atoms with Crippen LogP contribution in [0, 0.1) is 5.82 Å². The van der Waals surface area contributed by atoms with Gasteiger partial charge in [0.2, 0.25) is 0 Å². The van der Waals surface area contributed by atoms with Gasteiger partial charge in [-0.25, -0.2) is 4.39 Å². The molecule has 1 nitrogen and oxygen atoms in total. The summed E-state index contributed by atoms with van der Waals surface area (Å²) >= 11 is 11.8. The van der Waals surface area contributed by atoms with E-state index in [1.807, 2.05) is 18.2 Å². The Morgan fingerprint density at radius 2 is 1.85 bits per heavy atom. The molecular formula is C16H14Cl2FN. The number of nitrogens with one attached hydrogen (secondary N) is 1. The van der Waals surface area contributed by atoms with Gasteiger partial charge in [-0.05, 0) is 54.7 Å². The van der Waals surface area contributed by atoms with Gasteiger partial charge in [0, 0.05) is 16.8 Å². The molecule has 1 aliphatic carbocycles. The largest absolute Gasteiger partial charge is 0.382 e. The maximum absolute atomic E-state index is 13.1. The van der Waals surface area contributed by atoms with E-state index in [4.69, 9.17) is 23.2 Å². The van der Waals surface area contributed by atoms with Crippen LogP contribution in [0.3, 0.4) is 0 Å². The summed E-state index contributed by atoms with van der Waals surface area (Å²) in [5.74, 6) is 0.157. The van der Waals surface area contributed by atoms with Crippen molar-refractivity contribution < 1.29 is 4.39 Å². The Kier molecular flexibility index (Phi) is 3.86. The van der Waals surface area contributed by atoms with Crippen molar-refractivity contribution in [3.05, 3.63) is 63.9 Å². The molecule has 104 valence electrons. The number of benzene rings is 2. The average molecular weight is 310 g/mol. The van der Waals surface area contributed by atoms with Crippen LogP contribution in [0.4, 0.5) is 10.1 Å². The zero-order valence-corrected chi connectivity index (χ0v) is 12.3. The van der Waals surface area contributed by atoms with Crippen molar-refractivity contribution in [3.63, 3.8) is 0 Å². The molecule has 2 aromatic rings. The lowest BCUT2D eigenvalue weighted by atomic mass is 9.76. The summed E-state index contributed by atoms with van der Waals surface area (Å²) in [4.78, 5) is 0. The number of halogens is 3. The van der Waals surface area contributed by atoms with Crippen molar-refractivity contribution in [1.82, 2.24) is 0 Å². The standard InChI is InChI=1S/C16H14Cl2FN/c17-12-3-1-2-10(6-12)11-7-14(8-11)20-13-4-5-16(19)15(18)9-13/h1-6,9,11,14,20H,7-8H2. The third-order valence-corrected chi connectivity index (χ3v) is 4.27. The fraction of sp³-hybridized carbons (Fsp3) is 0.250. The van der Waals surface area contributed by atoms with Crippen LogP contribution in [0.5, 0.6) is 0 Å². The fourth-order valence-corrected chi connectivity index (χ4v) is 2.97. The molecule has 0 heterocycles. The number of anilines is 1. The van der Waals surface area contributed by atoms with E-state index in [2.05, 4.69) is 11.4 Å². The molecule has 0 aromatic heterocycles. The SMILES string of the molecule is Fc1ccc(NC2CC(c3cccc(Cl)c3)C2)cc1Cl. The Morgan fingerprint density at radius 3 is 2.55 bits per heavy atom. The molecule has 1 aliphatic rings. The van der Waals surface area contributed by atoms with Gasteiger partial charge in [0.1, 0.15) is 5.82 Å². The molecule has 1 fully saturated rings. The molecule has 20 heavy (non-hydrogen) atoms. The van der Waals surface area contributed by atoms with Crippen LogP contribution < -0.4 is 5.32 Å². The van der Waals surface area contributed by atoms with Gasteiger partial charge in [-0.15, -0.1) is 0 Å². The highest BCUT2D eigenvalue weighted by molar-refractivity contribution is 6.31. The predicted molar refractivity (Wildman–Crippen MR) is 82.2 cm³/mol. The molecule has 4 heteroatoms. The van der Waals surface area contributed by atoms with Gasteiger partial charge in [-0.3, -0.25) is 0 Å². The zero-order chi connectivity index (χ0) is 14.1. The summed E-state index contributed by atoms with van der Waals surface area (Å²) in [5.41, 5.74) is 2.15. The highest BCUT2D eigenvalue weighted by Crippen LogP contribution is 2.39. The second kappa shape index (κ2) is 5.63. The van der Waals surface area contributed by atoms with E-state index in [1.54, 1.807) is 12.1 Å². The van der Waals surface area contributed by atoms with Crippen molar-refractivity contribution in [2.45, 2.75) is 24.8 Å². The quantitative estimate of drug-likeness (QED) is 0.790. The normalized spacial score (nSPS) is 21.4. The van der Waals surface area contributed by atoms with Gasteiger partial charge in [0.25, 0.3) is 0 Å². The lowest BCUT2D eigenvalue weighted by Gasteiger charge is -2.37. The van der Waals surface area contributed by atoms with Crippen molar-refractivity contribution in [3.8, 4) is 0 Å². The molecule has 0 radical (unpaired) electrons. The Labute approximate surface area is 127 Å². The average Bonchev–Trinajstić information content (AvgIpc) is 2.37. The van der Waals surface area contributed by atoms with Crippen LogP contribution >= 0.6 is 23.2 Å². The molecule has 0 saturated heterocycles. The Morgan fingerprint density at radius 1 is 1.05 bits per heavy atom. The molecule has 0 atom stereocenters. The summed E-state index contributed by atoms with van der Waals surface area (Å²) in [6.45, 7) is 0. The summed E-state index contributed by atoms with van der Waals surface area (Å²) in [6, 6.07) is 13.1. The minimum atomic E-state index is -0.386. The van der Waals surface area contributed by atoms with E-state index >= 15 is 0 Å². The highest BCUT2D eigenvalue weighted by Gasteiger charge is 2.30. The van der Waals surface area contributed by atoms with Gasteiger partial charge in [-0.1, -0.05) is 35.3 Å². The molecule has 0 spiro atoms. The Bertz CT molecular complexity index is 624. The van der Waals surface area contributed by atoms with Gasteiger partial charge in [0.05, 0.1) is 5.02 Å². The highest BCUT2D eigenvalue weighted by atomic mass is 35.5. The molecule has 0 unspecified atom stereocenters. The van der Waals surface area contributed by atoms with Crippen LogP contribution in [0.2, 0.25) is 10.0 Å². The molecule has 2 aromatic carbocycles. The lowest BCUT2D eigenvalue weighted by molar-refractivity contribution is 0.374. The Balaban J connectivity index is 1.59.